The second-order valence-corrected chi connectivity index (χ2v) is 8.39. The maximum atomic E-state index is 12.9. The largest absolute Gasteiger partial charge is 0.497 e. The third-order valence-corrected chi connectivity index (χ3v) is 6.52. The van der Waals surface area contributed by atoms with Crippen LogP contribution >= 0.6 is 0 Å². The molecule has 0 spiro atoms. The van der Waals surface area contributed by atoms with E-state index in [2.05, 4.69) is 9.62 Å². The van der Waals surface area contributed by atoms with Crippen LogP contribution in [0.15, 0.2) is 47.4 Å². The summed E-state index contributed by atoms with van der Waals surface area (Å²) in [5.74, 6) is 1.44. The predicted molar refractivity (Wildman–Crippen MR) is 106 cm³/mol. The third-order valence-electron chi connectivity index (χ3n) is 4.84. The Labute approximate surface area is 161 Å². The molecule has 0 saturated carbocycles. The van der Waals surface area contributed by atoms with Crippen molar-refractivity contribution in [3.05, 3.63) is 48.0 Å². The average molecular weight is 391 g/mol. The van der Waals surface area contributed by atoms with E-state index in [4.69, 9.17) is 9.47 Å². The minimum Gasteiger partial charge on any atom is -0.497 e. The van der Waals surface area contributed by atoms with Crippen molar-refractivity contribution < 1.29 is 17.9 Å². The Hall–Kier alpha value is -2.25. The Bertz CT molecular complexity index is 899. The molecular formula is C20H26N2O4S. The summed E-state index contributed by atoms with van der Waals surface area (Å²) in [5.41, 5.74) is 1.66. The molecule has 1 atom stereocenters. The maximum Gasteiger partial charge on any atom is 0.241 e. The zero-order valence-electron chi connectivity index (χ0n) is 15.9. The summed E-state index contributed by atoms with van der Waals surface area (Å²) < 4.78 is 39.3. The van der Waals surface area contributed by atoms with Gasteiger partial charge < -0.3 is 14.4 Å². The number of piperidine rings is 1. The molecule has 3 rings (SSSR count). The predicted octanol–water partition coefficient (Wildman–Crippen LogP) is 2.96. The first-order valence-electron chi connectivity index (χ1n) is 8.99. The molecular weight excluding hydrogens is 364 g/mol. The molecule has 1 aliphatic heterocycles. The van der Waals surface area contributed by atoms with Gasteiger partial charge in [0.1, 0.15) is 11.5 Å². The molecule has 2 aromatic carbocycles. The van der Waals surface area contributed by atoms with Crippen molar-refractivity contribution in [1.29, 1.82) is 0 Å². The number of nitrogens with one attached hydrogen (secondary N) is 1. The summed E-state index contributed by atoms with van der Waals surface area (Å²) in [5, 5.41) is 0. The lowest BCUT2D eigenvalue weighted by Gasteiger charge is -2.35. The van der Waals surface area contributed by atoms with Crippen LogP contribution in [0.4, 0.5) is 5.69 Å². The summed E-state index contributed by atoms with van der Waals surface area (Å²) in [7, 11) is -0.387. The number of benzene rings is 2. The van der Waals surface area contributed by atoms with Crippen LogP contribution in [-0.4, -0.2) is 41.8 Å². The van der Waals surface area contributed by atoms with Gasteiger partial charge in [-0.25, -0.2) is 13.1 Å². The third kappa shape index (κ3) is 4.36. The topological polar surface area (TPSA) is 67.9 Å². The number of sulfonamides is 1. The SMILES string of the molecule is COc1ccc(S(=O)(=O)NC2CCCN(c3ccccc3OC)C2)c(C)c1. The zero-order valence-corrected chi connectivity index (χ0v) is 16.8. The molecule has 1 N–H and O–H groups in total. The van der Waals surface area contributed by atoms with Crippen molar-refractivity contribution in [3.8, 4) is 11.5 Å². The number of rotatable bonds is 6. The fraction of sp³-hybridized carbons (Fsp3) is 0.400. The highest BCUT2D eigenvalue weighted by atomic mass is 32.2. The molecule has 1 fully saturated rings. The van der Waals surface area contributed by atoms with E-state index >= 15 is 0 Å². The molecule has 1 saturated heterocycles. The van der Waals surface area contributed by atoms with Crippen molar-refractivity contribution in [2.24, 2.45) is 0 Å². The number of ether oxygens (including phenoxy) is 2. The van der Waals surface area contributed by atoms with Gasteiger partial charge in [0, 0.05) is 19.1 Å². The first-order valence-corrected chi connectivity index (χ1v) is 10.5. The van der Waals surface area contributed by atoms with Gasteiger partial charge in [-0.15, -0.1) is 0 Å². The normalized spacial score (nSPS) is 17.6. The van der Waals surface area contributed by atoms with E-state index in [1.54, 1.807) is 39.3 Å². The Morgan fingerprint density at radius 2 is 1.89 bits per heavy atom. The van der Waals surface area contributed by atoms with Gasteiger partial charge in [-0.3, -0.25) is 0 Å². The highest BCUT2D eigenvalue weighted by molar-refractivity contribution is 7.89. The van der Waals surface area contributed by atoms with Crippen molar-refractivity contribution in [3.63, 3.8) is 0 Å². The van der Waals surface area contributed by atoms with E-state index in [0.29, 0.717) is 17.9 Å². The highest BCUT2D eigenvalue weighted by Crippen LogP contribution is 2.30. The highest BCUT2D eigenvalue weighted by Gasteiger charge is 2.27. The molecule has 146 valence electrons. The first-order chi connectivity index (χ1) is 12.9. The maximum absolute atomic E-state index is 12.9. The second kappa shape index (κ2) is 8.19. The number of para-hydroxylation sites is 2. The van der Waals surface area contributed by atoms with Gasteiger partial charge in [0.2, 0.25) is 10.0 Å². The molecule has 1 aliphatic rings. The molecule has 0 bridgehead atoms. The molecule has 0 aromatic heterocycles. The summed E-state index contributed by atoms with van der Waals surface area (Å²) in [6.07, 6.45) is 1.72. The molecule has 0 amide bonds. The zero-order chi connectivity index (χ0) is 19.4. The minimum atomic E-state index is -3.60. The van der Waals surface area contributed by atoms with Crippen LogP contribution in [0.5, 0.6) is 11.5 Å². The van der Waals surface area contributed by atoms with Crippen LogP contribution < -0.4 is 19.1 Å². The molecule has 0 aliphatic carbocycles. The Morgan fingerprint density at radius 3 is 2.59 bits per heavy atom. The van der Waals surface area contributed by atoms with Gasteiger partial charge in [-0.05, 0) is 55.7 Å². The molecule has 7 heteroatoms. The lowest BCUT2D eigenvalue weighted by atomic mass is 10.1. The smallest absolute Gasteiger partial charge is 0.241 e. The summed E-state index contributed by atoms with van der Waals surface area (Å²) >= 11 is 0. The van der Waals surface area contributed by atoms with E-state index in [9.17, 15) is 8.42 Å². The molecule has 6 nitrogen and oxygen atoms in total. The summed E-state index contributed by atoms with van der Waals surface area (Å²) in [6.45, 7) is 3.26. The summed E-state index contributed by atoms with van der Waals surface area (Å²) in [4.78, 5) is 2.47. The number of methoxy groups -OCH3 is 2. The number of hydrogen-bond donors (Lipinski definition) is 1. The van der Waals surface area contributed by atoms with Gasteiger partial charge in [-0.2, -0.15) is 0 Å². The first kappa shape index (κ1) is 19.5. The van der Waals surface area contributed by atoms with Crippen LogP contribution in [0.25, 0.3) is 0 Å². The number of nitrogens with zero attached hydrogens (tertiary/aromatic N) is 1. The molecule has 0 radical (unpaired) electrons. The molecule has 1 unspecified atom stereocenters. The average Bonchev–Trinajstić information content (AvgIpc) is 2.67. The van der Waals surface area contributed by atoms with Crippen LogP contribution in [-0.2, 0) is 10.0 Å². The Balaban J connectivity index is 1.77. The van der Waals surface area contributed by atoms with Crippen LogP contribution in [0, 0.1) is 6.92 Å². The van der Waals surface area contributed by atoms with E-state index in [1.807, 2.05) is 24.3 Å². The van der Waals surface area contributed by atoms with Crippen molar-refractivity contribution in [2.75, 3.05) is 32.2 Å². The number of anilines is 1. The van der Waals surface area contributed by atoms with Crippen molar-refractivity contribution in [1.82, 2.24) is 4.72 Å². The van der Waals surface area contributed by atoms with Crippen LogP contribution in [0.2, 0.25) is 0 Å². The minimum absolute atomic E-state index is 0.157. The van der Waals surface area contributed by atoms with Crippen LogP contribution in [0.1, 0.15) is 18.4 Å². The Morgan fingerprint density at radius 1 is 1.11 bits per heavy atom. The van der Waals surface area contributed by atoms with Gasteiger partial charge in [0.05, 0.1) is 24.8 Å². The van der Waals surface area contributed by atoms with E-state index in [1.165, 1.54) is 0 Å². The summed E-state index contributed by atoms with van der Waals surface area (Å²) in [6, 6.07) is 12.7. The van der Waals surface area contributed by atoms with E-state index < -0.39 is 10.0 Å². The lowest BCUT2D eigenvalue weighted by molar-refractivity contribution is 0.409. The van der Waals surface area contributed by atoms with Gasteiger partial charge in [0.25, 0.3) is 0 Å². The van der Waals surface area contributed by atoms with Gasteiger partial charge in [-0.1, -0.05) is 12.1 Å². The standard InChI is InChI=1S/C20H26N2O4S/c1-15-13-17(25-2)10-11-20(15)27(23,24)21-16-7-6-12-22(14-16)18-8-4-5-9-19(18)26-3/h4-5,8-11,13,16,21H,6-7,12,14H2,1-3H3. The van der Waals surface area contributed by atoms with Crippen molar-refractivity contribution >= 4 is 15.7 Å². The second-order valence-electron chi connectivity index (χ2n) is 6.71. The quantitative estimate of drug-likeness (QED) is 0.821. The van der Waals surface area contributed by atoms with Crippen LogP contribution in [0.3, 0.4) is 0 Å². The Kier molecular flexibility index (Phi) is 5.92. The van der Waals surface area contributed by atoms with E-state index in [0.717, 1.165) is 30.8 Å². The van der Waals surface area contributed by atoms with E-state index in [-0.39, 0.29) is 10.9 Å². The lowest BCUT2D eigenvalue weighted by Crippen LogP contribution is -2.47. The number of aryl methyl sites for hydroxylation is 1. The number of hydrogen-bond acceptors (Lipinski definition) is 5. The fourth-order valence-corrected chi connectivity index (χ4v) is 5.00. The molecule has 27 heavy (non-hydrogen) atoms. The monoisotopic (exact) mass is 390 g/mol. The fourth-order valence-electron chi connectivity index (χ4n) is 3.52. The van der Waals surface area contributed by atoms with Gasteiger partial charge in [0.15, 0.2) is 0 Å². The molecule has 1 heterocycles. The van der Waals surface area contributed by atoms with Gasteiger partial charge >= 0.3 is 0 Å². The van der Waals surface area contributed by atoms with Crippen molar-refractivity contribution in [2.45, 2.75) is 30.7 Å². The molecule has 2 aromatic rings.